The Labute approximate surface area is 123 Å². The molecule has 2 aromatic heterocycles. The number of unbranched alkanes of at least 4 members (excludes halogenated alkanes) is 1. The van der Waals surface area contributed by atoms with E-state index in [-0.39, 0.29) is 5.82 Å². The summed E-state index contributed by atoms with van der Waals surface area (Å²) in [4.78, 5) is 7.59. The molecule has 0 saturated carbocycles. The van der Waals surface area contributed by atoms with E-state index in [0.29, 0.717) is 12.1 Å². The summed E-state index contributed by atoms with van der Waals surface area (Å²) in [5.41, 5.74) is 9.01. The molecule has 3 aromatic rings. The van der Waals surface area contributed by atoms with Crippen molar-refractivity contribution in [3.05, 3.63) is 54.0 Å². The summed E-state index contributed by atoms with van der Waals surface area (Å²) >= 11 is 0. The zero-order chi connectivity index (χ0) is 14.7. The summed E-state index contributed by atoms with van der Waals surface area (Å²) in [7, 11) is 0. The van der Waals surface area contributed by atoms with Crippen molar-refractivity contribution < 1.29 is 4.39 Å². The topological polar surface area (TPSA) is 54.7 Å². The lowest BCUT2D eigenvalue weighted by Gasteiger charge is -2.04. The number of nitrogens with zero attached hydrogens (tertiary/aromatic N) is 1. The fraction of sp³-hybridized carbons (Fsp3) is 0.235. The van der Waals surface area contributed by atoms with Gasteiger partial charge < -0.3 is 10.7 Å². The molecule has 0 aliphatic heterocycles. The first-order chi connectivity index (χ1) is 10.3. The highest BCUT2D eigenvalue weighted by Crippen LogP contribution is 2.31. The molecule has 0 atom stereocenters. The Bertz CT molecular complexity index is 734. The number of para-hydroxylation sites is 1. The molecular weight excluding hydrogens is 265 g/mol. The van der Waals surface area contributed by atoms with Crippen LogP contribution in [0.4, 0.5) is 4.39 Å². The smallest absolute Gasteiger partial charge is 0.147 e. The molecule has 0 unspecified atom stereocenters. The van der Waals surface area contributed by atoms with E-state index < -0.39 is 0 Å². The Hall–Kier alpha value is -2.20. The first-order valence-corrected chi connectivity index (χ1v) is 7.22. The number of aryl methyl sites for hydroxylation is 1. The minimum Gasteiger partial charge on any atom is -0.351 e. The lowest BCUT2D eigenvalue weighted by molar-refractivity contribution is 0.637. The van der Waals surface area contributed by atoms with Gasteiger partial charge in [0.15, 0.2) is 0 Å². The van der Waals surface area contributed by atoms with Crippen molar-refractivity contribution in [2.45, 2.75) is 19.3 Å². The normalized spacial score (nSPS) is 11.1. The van der Waals surface area contributed by atoms with Crippen LogP contribution in [0.1, 0.15) is 18.4 Å². The van der Waals surface area contributed by atoms with Gasteiger partial charge in [0.25, 0.3) is 0 Å². The lowest BCUT2D eigenvalue weighted by atomic mass is 10.0. The molecule has 108 valence electrons. The van der Waals surface area contributed by atoms with Gasteiger partial charge in [-0.15, -0.1) is 0 Å². The molecule has 1 aromatic carbocycles. The number of aromatic amines is 1. The Morgan fingerprint density at radius 3 is 2.76 bits per heavy atom. The monoisotopic (exact) mass is 283 g/mol. The van der Waals surface area contributed by atoms with Crippen molar-refractivity contribution in [1.29, 1.82) is 0 Å². The summed E-state index contributed by atoms with van der Waals surface area (Å²) in [6.45, 7) is 0.676. The second-order valence-electron chi connectivity index (χ2n) is 5.10. The summed E-state index contributed by atoms with van der Waals surface area (Å²) in [5, 5.41) is 0.938. The van der Waals surface area contributed by atoms with Crippen molar-refractivity contribution in [3.63, 3.8) is 0 Å². The maximum atomic E-state index is 14.0. The molecule has 0 aliphatic rings. The van der Waals surface area contributed by atoms with E-state index >= 15 is 0 Å². The molecule has 0 spiro atoms. The van der Waals surface area contributed by atoms with Crippen molar-refractivity contribution in [2.24, 2.45) is 5.73 Å². The number of pyridine rings is 1. The standard InChI is InChI=1S/C17H18FN3/c18-14-8-5-7-12-13(6-1-3-10-19)17(21-16(12)14)15-9-2-4-11-20-15/h2,4-5,7-9,11,21H,1,3,6,10,19H2. The van der Waals surface area contributed by atoms with Crippen LogP contribution in [-0.2, 0) is 6.42 Å². The molecule has 4 heteroatoms. The van der Waals surface area contributed by atoms with Crippen LogP contribution < -0.4 is 5.73 Å². The van der Waals surface area contributed by atoms with Crippen molar-refractivity contribution in [2.75, 3.05) is 6.54 Å². The Kier molecular flexibility index (Phi) is 3.97. The molecule has 0 fully saturated rings. The summed E-state index contributed by atoms with van der Waals surface area (Å²) < 4.78 is 14.0. The van der Waals surface area contributed by atoms with Gasteiger partial charge in [-0.25, -0.2) is 4.39 Å². The number of hydrogen-bond donors (Lipinski definition) is 2. The van der Waals surface area contributed by atoms with Gasteiger partial charge in [-0.05, 0) is 49.6 Å². The van der Waals surface area contributed by atoms with Gasteiger partial charge in [-0.3, -0.25) is 4.98 Å². The molecule has 3 nitrogen and oxygen atoms in total. The van der Waals surface area contributed by atoms with E-state index in [1.807, 2.05) is 24.3 Å². The highest BCUT2D eigenvalue weighted by atomic mass is 19.1. The maximum absolute atomic E-state index is 14.0. The van der Waals surface area contributed by atoms with Gasteiger partial charge in [0.1, 0.15) is 5.82 Å². The van der Waals surface area contributed by atoms with Gasteiger partial charge in [-0.2, -0.15) is 0 Å². The number of benzene rings is 1. The van der Waals surface area contributed by atoms with Gasteiger partial charge in [0.2, 0.25) is 0 Å². The minimum atomic E-state index is -0.227. The molecule has 0 radical (unpaired) electrons. The van der Waals surface area contributed by atoms with Crippen LogP contribution in [-0.4, -0.2) is 16.5 Å². The number of aromatic nitrogens is 2. The molecule has 0 amide bonds. The van der Waals surface area contributed by atoms with E-state index in [1.54, 1.807) is 12.3 Å². The molecule has 2 heterocycles. The van der Waals surface area contributed by atoms with Crippen molar-refractivity contribution >= 4 is 10.9 Å². The van der Waals surface area contributed by atoms with Crippen molar-refractivity contribution in [3.8, 4) is 11.4 Å². The van der Waals surface area contributed by atoms with Crippen LogP contribution in [0.15, 0.2) is 42.6 Å². The van der Waals surface area contributed by atoms with Gasteiger partial charge >= 0.3 is 0 Å². The van der Waals surface area contributed by atoms with Gasteiger partial charge in [0, 0.05) is 11.6 Å². The summed E-state index contributed by atoms with van der Waals surface area (Å²) in [6.07, 6.45) is 4.57. The predicted octanol–water partition coefficient (Wildman–Crippen LogP) is 3.65. The number of H-pyrrole nitrogens is 1. The van der Waals surface area contributed by atoms with E-state index in [0.717, 1.165) is 41.6 Å². The van der Waals surface area contributed by atoms with Crippen LogP contribution in [0.5, 0.6) is 0 Å². The predicted molar refractivity (Wildman–Crippen MR) is 83.5 cm³/mol. The second kappa shape index (κ2) is 6.06. The number of fused-ring (bicyclic) bond motifs is 1. The van der Waals surface area contributed by atoms with Crippen LogP contribution >= 0.6 is 0 Å². The number of rotatable bonds is 5. The number of nitrogens with two attached hydrogens (primary N) is 1. The van der Waals surface area contributed by atoms with E-state index in [2.05, 4.69) is 9.97 Å². The average Bonchev–Trinajstić information content (AvgIpc) is 2.89. The quantitative estimate of drug-likeness (QED) is 0.702. The summed E-state index contributed by atoms with van der Waals surface area (Å²) in [6, 6.07) is 10.9. The highest BCUT2D eigenvalue weighted by molar-refractivity contribution is 5.90. The van der Waals surface area contributed by atoms with Crippen LogP contribution in [0.25, 0.3) is 22.3 Å². The zero-order valence-electron chi connectivity index (χ0n) is 11.8. The van der Waals surface area contributed by atoms with E-state index in [9.17, 15) is 4.39 Å². The molecule has 0 saturated heterocycles. The lowest BCUT2D eigenvalue weighted by Crippen LogP contribution is -1.99. The van der Waals surface area contributed by atoms with Gasteiger partial charge in [0.05, 0.1) is 16.9 Å². The second-order valence-corrected chi connectivity index (χ2v) is 5.10. The molecule has 21 heavy (non-hydrogen) atoms. The fourth-order valence-corrected chi connectivity index (χ4v) is 2.67. The van der Waals surface area contributed by atoms with Crippen LogP contribution in [0.3, 0.4) is 0 Å². The molecule has 0 bridgehead atoms. The molecule has 3 N–H and O–H groups in total. The minimum absolute atomic E-state index is 0.227. The molecule has 3 rings (SSSR count). The third kappa shape index (κ3) is 2.67. The fourth-order valence-electron chi connectivity index (χ4n) is 2.67. The largest absolute Gasteiger partial charge is 0.351 e. The first kappa shape index (κ1) is 13.8. The molecule has 0 aliphatic carbocycles. The average molecular weight is 283 g/mol. The Balaban J connectivity index is 2.13. The van der Waals surface area contributed by atoms with Gasteiger partial charge in [-0.1, -0.05) is 18.2 Å². The zero-order valence-corrected chi connectivity index (χ0v) is 11.8. The Morgan fingerprint density at radius 1 is 1.10 bits per heavy atom. The van der Waals surface area contributed by atoms with E-state index in [1.165, 1.54) is 6.07 Å². The number of hydrogen-bond acceptors (Lipinski definition) is 2. The van der Waals surface area contributed by atoms with Crippen molar-refractivity contribution in [1.82, 2.24) is 9.97 Å². The first-order valence-electron chi connectivity index (χ1n) is 7.22. The number of halogens is 1. The molecular formula is C17H18FN3. The van der Waals surface area contributed by atoms with E-state index in [4.69, 9.17) is 5.73 Å². The third-order valence-corrected chi connectivity index (χ3v) is 3.69. The third-order valence-electron chi connectivity index (χ3n) is 3.69. The SMILES string of the molecule is NCCCCc1c(-c2ccccn2)[nH]c2c(F)cccc12. The van der Waals surface area contributed by atoms with Crippen LogP contribution in [0, 0.1) is 5.82 Å². The van der Waals surface area contributed by atoms with Crippen LogP contribution in [0.2, 0.25) is 0 Å². The number of nitrogens with one attached hydrogen (secondary N) is 1. The maximum Gasteiger partial charge on any atom is 0.147 e. The summed E-state index contributed by atoms with van der Waals surface area (Å²) in [5.74, 6) is -0.227. The Morgan fingerprint density at radius 2 is 2.00 bits per heavy atom. The highest BCUT2D eigenvalue weighted by Gasteiger charge is 2.15.